The van der Waals surface area contributed by atoms with Gasteiger partial charge in [0.15, 0.2) is 0 Å². The van der Waals surface area contributed by atoms with Crippen LogP contribution in [0.2, 0.25) is 0 Å². The molecule has 0 saturated heterocycles. The Morgan fingerprint density at radius 1 is 1.43 bits per heavy atom. The maximum atomic E-state index is 12.4. The molecule has 0 atom stereocenters. The quantitative estimate of drug-likeness (QED) is 0.403. The fraction of sp³-hybridized carbons (Fsp3) is 0.471. The number of aromatic nitrogens is 1. The van der Waals surface area contributed by atoms with Gasteiger partial charge in [0.25, 0.3) is 0 Å². The molecule has 0 unspecified atom stereocenters. The Balaban J connectivity index is 3.02. The summed E-state index contributed by atoms with van der Waals surface area (Å²) in [6.45, 7) is 8.57. The number of nitrogens with one attached hydrogen (secondary N) is 1. The van der Waals surface area contributed by atoms with Gasteiger partial charge in [0.1, 0.15) is 10.0 Å². The van der Waals surface area contributed by atoms with Crippen LogP contribution in [0.3, 0.4) is 0 Å². The number of thioether (sulfide) groups is 1. The highest BCUT2D eigenvalue weighted by Crippen LogP contribution is 2.32. The molecule has 23 heavy (non-hydrogen) atoms. The van der Waals surface area contributed by atoms with E-state index < -0.39 is 0 Å². The summed E-state index contributed by atoms with van der Waals surface area (Å²) in [4.78, 5) is 18.8. The molecule has 0 saturated carbocycles. The Morgan fingerprint density at radius 2 is 2.17 bits per heavy atom. The molecule has 6 heteroatoms. The maximum Gasteiger partial charge on any atom is 0.228 e. The number of nitrogens with zero attached hydrogens (tertiary/aromatic N) is 2. The lowest BCUT2D eigenvalue weighted by molar-refractivity contribution is -0.118. The van der Waals surface area contributed by atoms with E-state index in [1.54, 1.807) is 11.8 Å². The van der Waals surface area contributed by atoms with Crippen LogP contribution in [0.4, 0.5) is 5.00 Å². The second-order valence-electron chi connectivity index (χ2n) is 4.79. The molecule has 0 bridgehead atoms. The van der Waals surface area contributed by atoms with Gasteiger partial charge in [-0.2, -0.15) is 11.8 Å². The molecule has 0 aliphatic carbocycles. The summed E-state index contributed by atoms with van der Waals surface area (Å²) in [6.07, 6.45) is 7.52. The minimum absolute atomic E-state index is 0.139. The van der Waals surface area contributed by atoms with Gasteiger partial charge in [0, 0.05) is 30.5 Å². The first-order valence-electron chi connectivity index (χ1n) is 7.78. The summed E-state index contributed by atoms with van der Waals surface area (Å²) >= 11 is 3.26. The number of carbonyl (C=O) groups is 1. The van der Waals surface area contributed by atoms with Crippen LogP contribution in [0.15, 0.2) is 18.2 Å². The molecule has 4 nitrogen and oxygen atoms in total. The van der Waals surface area contributed by atoms with Crippen LogP contribution in [-0.2, 0) is 4.79 Å². The SMILES string of the molecule is C/C=C\C=C(/C=N)c1nc(C)c(N(CC)C(=O)CCSCC)s1. The van der Waals surface area contributed by atoms with Crippen molar-refractivity contribution in [3.63, 3.8) is 0 Å². The Bertz CT molecular complexity index is 591. The summed E-state index contributed by atoms with van der Waals surface area (Å²) < 4.78 is 0. The first-order chi connectivity index (χ1) is 11.1. The van der Waals surface area contributed by atoms with Crippen LogP contribution in [0, 0.1) is 12.3 Å². The van der Waals surface area contributed by atoms with Gasteiger partial charge in [0.05, 0.1) is 5.69 Å². The van der Waals surface area contributed by atoms with Gasteiger partial charge < -0.3 is 10.3 Å². The second kappa shape index (κ2) is 10.4. The molecule has 126 valence electrons. The van der Waals surface area contributed by atoms with Crippen molar-refractivity contribution in [2.45, 2.75) is 34.1 Å². The lowest BCUT2D eigenvalue weighted by Gasteiger charge is -2.19. The number of hydrogen-bond acceptors (Lipinski definition) is 5. The van der Waals surface area contributed by atoms with Gasteiger partial charge in [-0.3, -0.25) is 4.79 Å². The number of anilines is 1. The summed E-state index contributed by atoms with van der Waals surface area (Å²) in [5.41, 5.74) is 1.60. The van der Waals surface area contributed by atoms with E-state index in [-0.39, 0.29) is 5.91 Å². The molecule has 0 radical (unpaired) electrons. The first-order valence-corrected chi connectivity index (χ1v) is 9.75. The number of hydrogen-bond donors (Lipinski definition) is 1. The minimum Gasteiger partial charge on any atom is -0.308 e. The van der Waals surface area contributed by atoms with Crippen LogP contribution in [-0.4, -0.2) is 35.2 Å². The second-order valence-corrected chi connectivity index (χ2v) is 7.16. The van der Waals surface area contributed by atoms with Crippen molar-refractivity contribution < 1.29 is 4.79 Å². The molecule has 0 aliphatic rings. The molecular weight excluding hydrogens is 326 g/mol. The van der Waals surface area contributed by atoms with Crippen LogP contribution >= 0.6 is 23.1 Å². The summed E-state index contributed by atoms with van der Waals surface area (Å²) in [7, 11) is 0. The highest BCUT2D eigenvalue weighted by Gasteiger charge is 2.20. The van der Waals surface area contributed by atoms with Crippen LogP contribution in [0.1, 0.15) is 37.9 Å². The van der Waals surface area contributed by atoms with Gasteiger partial charge in [-0.1, -0.05) is 36.5 Å². The monoisotopic (exact) mass is 351 g/mol. The number of amides is 1. The van der Waals surface area contributed by atoms with E-state index in [1.165, 1.54) is 17.6 Å². The molecular formula is C17H25N3OS2. The number of rotatable bonds is 9. The van der Waals surface area contributed by atoms with Crippen molar-refractivity contribution in [2.75, 3.05) is 23.0 Å². The zero-order valence-corrected chi connectivity index (χ0v) is 15.9. The lowest BCUT2D eigenvalue weighted by Crippen LogP contribution is -2.30. The molecule has 1 heterocycles. The van der Waals surface area contributed by atoms with Gasteiger partial charge in [-0.15, -0.1) is 0 Å². The van der Waals surface area contributed by atoms with Crippen molar-refractivity contribution in [3.05, 3.63) is 28.9 Å². The molecule has 1 amide bonds. The molecule has 0 spiro atoms. The highest BCUT2D eigenvalue weighted by atomic mass is 32.2. The van der Waals surface area contributed by atoms with E-state index in [1.807, 2.05) is 43.9 Å². The molecule has 0 aliphatic heterocycles. The number of carbonyl (C=O) groups excluding carboxylic acids is 1. The smallest absolute Gasteiger partial charge is 0.228 e. The van der Waals surface area contributed by atoms with Crippen molar-refractivity contribution >= 4 is 45.8 Å². The van der Waals surface area contributed by atoms with Crippen LogP contribution < -0.4 is 4.90 Å². The standard InChI is InChI=1S/C17H25N3OS2/c1-5-8-9-14(12-18)16-19-13(4)17(23-16)20(6-2)15(21)10-11-22-7-3/h5,8-9,12,18H,6-7,10-11H2,1-4H3/b8-5-,14-9+,18-12?. The van der Waals surface area contributed by atoms with E-state index in [0.29, 0.717) is 13.0 Å². The van der Waals surface area contributed by atoms with Crippen LogP contribution in [0.25, 0.3) is 5.57 Å². The first kappa shape index (κ1) is 19.6. The number of aryl methyl sites for hydroxylation is 1. The molecule has 1 N–H and O–H groups in total. The zero-order chi connectivity index (χ0) is 17.2. The highest BCUT2D eigenvalue weighted by molar-refractivity contribution is 7.99. The van der Waals surface area contributed by atoms with Gasteiger partial charge in [-0.05, 0) is 26.5 Å². The third-order valence-corrected chi connectivity index (χ3v) is 5.30. The molecule has 1 aromatic rings. The number of thiazole rings is 1. The summed E-state index contributed by atoms with van der Waals surface area (Å²) in [5.74, 6) is 2.02. The van der Waals surface area contributed by atoms with E-state index in [2.05, 4.69) is 11.9 Å². The number of allylic oxidation sites excluding steroid dienone is 4. The predicted octanol–water partition coefficient (Wildman–Crippen LogP) is 4.56. The van der Waals surface area contributed by atoms with Gasteiger partial charge >= 0.3 is 0 Å². The van der Waals surface area contributed by atoms with Gasteiger partial charge in [0.2, 0.25) is 5.91 Å². The van der Waals surface area contributed by atoms with E-state index in [9.17, 15) is 4.79 Å². The molecule has 1 aromatic heterocycles. The van der Waals surface area contributed by atoms with Crippen LogP contribution in [0.5, 0.6) is 0 Å². The molecule has 0 fully saturated rings. The topological polar surface area (TPSA) is 57.1 Å². The van der Waals surface area contributed by atoms with E-state index >= 15 is 0 Å². The largest absolute Gasteiger partial charge is 0.308 e. The maximum absolute atomic E-state index is 12.4. The Hall–Kier alpha value is -1.40. The minimum atomic E-state index is 0.139. The lowest BCUT2D eigenvalue weighted by atomic mass is 10.2. The van der Waals surface area contributed by atoms with Crippen molar-refractivity contribution in [1.29, 1.82) is 5.41 Å². The Kier molecular flexibility index (Phi) is 8.87. The summed E-state index contributed by atoms with van der Waals surface area (Å²) in [5, 5.41) is 9.23. The third-order valence-electron chi connectivity index (χ3n) is 3.17. The van der Waals surface area contributed by atoms with Crippen molar-refractivity contribution in [2.24, 2.45) is 0 Å². The fourth-order valence-electron chi connectivity index (χ4n) is 2.02. The van der Waals surface area contributed by atoms with E-state index in [0.717, 1.165) is 32.8 Å². The van der Waals surface area contributed by atoms with Crippen molar-refractivity contribution in [3.8, 4) is 0 Å². The average molecular weight is 352 g/mol. The predicted molar refractivity (Wildman–Crippen MR) is 104 cm³/mol. The fourth-order valence-corrected chi connectivity index (χ4v) is 3.77. The van der Waals surface area contributed by atoms with E-state index in [4.69, 9.17) is 5.41 Å². The molecule has 1 rings (SSSR count). The van der Waals surface area contributed by atoms with Crippen molar-refractivity contribution in [1.82, 2.24) is 4.98 Å². The third kappa shape index (κ3) is 5.62. The Morgan fingerprint density at radius 3 is 2.74 bits per heavy atom. The van der Waals surface area contributed by atoms with Gasteiger partial charge in [-0.25, -0.2) is 4.98 Å². The summed E-state index contributed by atoms with van der Waals surface area (Å²) in [6, 6.07) is 0. The normalized spacial score (nSPS) is 11.9. The average Bonchev–Trinajstić information content (AvgIpc) is 2.91. The molecule has 0 aromatic carbocycles. The zero-order valence-electron chi connectivity index (χ0n) is 14.3. The Labute approximate surface area is 147 Å².